The number of hydrogen-bond acceptors (Lipinski definition) is 2. The minimum atomic E-state index is -1.31. The van der Waals surface area contributed by atoms with Crippen LogP contribution in [0.25, 0.3) is 10.8 Å². The van der Waals surface area contributed by atoms with Crippen molar-refractivity contribution < 1.29 is 4.55 Å². The lowest BCUT2D eigenvalue weighted by Gasteiger charge is -2.19. The Morgan fingerprint density at radius 1 is 0.875 bits per heavy atom. The Kier molecular flexibility index (Phi) is 4.90. The zero-order valence-corrected chi connectivity index (χ0v) is 16.6. The van der Waals surface area contributed by atoms with Gasteiger partial charge in [0, 0.05) is 21.0 Å². The summed E-state index contributed by atoms with van der Waals surface area (Å²) < 4.78 is 17.3. The summed E-state index contributed by atoms with van der Waals surface area (Å²) in [5.74, 6) is 0. The van der Waals surface area contributed by atoms with E-state index in [4.69, 9.17) is 0 Å². The average Bonchev–Trinajstić information content (AvgIpc) is 2.56. The molecule has 0 bridgehead atoms. The van der Waals surface area contributed by atoms with Crippen molar-refractivity contribution in [2.75, 3.05) is 4.72 Å². The van der Waals surface area contributed by atoms with Gasteiger partial charge in [-0.3, -0.25) is 0 Å². The van der Waals surface area contributed by atoms with Gasteiger partial charge in [0.05, 0.1) is 5.69 Å². The number of anilines is 1. The van der Waals surface area contributed by atoms with Gasteiger partial charge in [-0.15, -0.1) is 0 Å². The first kappa shape index (κ1) is 17.3. The molecular formula is C20H20BrNOS. The Morgan fingerprint density at radius 3 is 2.08 bits per heavy atom. The minimum absolute atomic E-state index is 0.880. The highest BCUT2D eigenvalue weighted by Gasteiger charge is 2.22. The summed E-state index contributed by atoms with van der Waals surface area (Å²) >= 11 is 2.27. The summed E-state index contributed by atoms with van der Waals surface area (Å²) in [6, 6.07) is 14.2. The van der Waals surface area contributed by atoms with Crippen LogP contribution >= 0.6 is 15.9 Å². The van der Waals surface area contributed by atoms with Crippen LogP contribution in [0.3, 0.4) is 0 Å². The van der Waals surface area contributed by atoms with Crippen molar-refractivity contribution in [3.05, 3.63) is 69.2 Å². The number of fused-ring (bicyclic) bond motifs is 1. The molecule has 0 fully saturated rings. The Labute approximate surface area is 154 Å². The van der Waals surface area contributed by atoms with Crippen LogP contribution < -0.4 is 4.72 Å². The summed E-state index contributed by atoms with van der Waals surface area (Å²) in [6.07, 6.45) is 0. The van der Waals surface area contributed by atoms with E-state index in [0.29, 0.717) is 0 Å². The lowest BCUT2D eigenvalue weighted by atomic mass is 10.0. The third kappa shape index (κ3) is 3.06. The summed E-state index contributed by atoms with van der Waals surface area (Å²) in [5.41, 5.74) is 5.40. The zero-order valence-electron chi connectivity index (χ0n) is 14.2. The minimum Gasteiger partial charge on any atom is -0.588 e. The SMILES string of the molecule is Cc1cc(C)c(C)c([S+]([O-])Nc2ccc(Br)c3ccccc23)c1C. The molecule has 2 nitrogen and oxygen atoms in total. The number of rotatable bonds is 3. The molecule has 0 aliphatic carbocycles. The fraction of sp³-hybridized carbons (Fsp3) is 0.200. The van der Waals surface area contributed by atoms with Crippen molar-refractivity contribution in [3.8, 4) is 0 Å². The van der Waals surface area contributed by atoms with E-state index in [1.54, 1.807) is 0 Å². The molecule has 3 aromatic carbocycles. The van der Waals surface area contributed by atoms with E-state index < -0.39 is 11.4 Å². The third-order valence-corrected chi connectivity index (χ3v) is 6.64. The molecule has 4 heteroatoms. The highest BCUT2D eigenvalue weighted by Crippen LogP contribution is 2.33. The Morgan fingerprint density at radius 2 is 1.46 bits per heavy atom. The second kappa shape index (κ2) is 6.79. The molecule has 1 unspecified atom stereocenters. The third-order valence-electron chi connectivity index (χ3n) is 4.56. The maximum Gasteiger partial charge on any atom is 0.186 e. The van der Waals surface area contributed by atoms with Gasteiger partial charge in [-0.05, 0) is 56.3 Å². The second-order valence-corrected chi connectivity index (χ2v) is 8.10. The molecule has 1 atom stereocenters. The van der Waals surface area contributed by atoms with Gasteiger partial charge in [-0.1, -0.05) is 46.3 Å². The number of benzene rings is 3. The molecule has 0 saturated carbocycles. The normalized spacial score (nSPS) is 12.4. The predicted molar refractivity (Wildman–Crippen MR) is 107 cm³/mol. The van der Waals surface area contributed by atoms with E-state index in [1.807, 2.05) is 44.2 Å². The molecule has 0 spiro atoms. The van der Waals surface area contributed by atoms with Crippen LogP contribution in [0.15, 0.2) is 51.8 Å². The van der Waals surface area contributed by atoms with Crippen LogP contribution in [0, 0.1) is 27.7 Å². The van der Waals surface area contributed by atoms with E-state index in [0.717, 1.165) is 37.0 Å². The van der Waals surface area contributed by atoms with Crippen molar-refractivity contribution in [1.82, 2.24) is 0 Å². The smallest absolute Gasteiger partial charge is 0.186 e. The van der Waals surface area contributed by atoms with Crippen molar-refractivity contribution in [3.63, 3.8) is 0 Å². The molecule has 0 amide bonds. The average molecular weight is 402 g/mol. The van der Waals surface area contributed by atoms with Gasteiger partial charge in [-0.2, -0.15) is 0 Å². The van der Waals surface area contributed by atoms with Crippen LogP contribution in [-0.4, -0.2) is 4.55 Å². The topological polar surface area (TPSA) is 35.1 Å². The predicted octanol–water partition coefficient (Wildman–Crippen LogP) is 5.97. The fourth-order valence-corrected chi connectivity index (χ4v) is 4.80. The van der Waals surface area contributed by atoms with Crippen LogP contribution in [0.2, 0.25) is 0 Å². The van der Waals surface area contributed by atoms with E-state index in [1.165, 1.54) is 11.1 Å². The molecule has 0 aliphatic heterocycles. The van der Waals surface area contributed by atoms with Crippen LogP contribution in [0.1, 0.15) is 22.3 Å². The molecule has 24 heavy (non-hydrogen) atoms. The highest BCUT2D eigenvalue weighted by molar-refractivity contribution is 9.10. The van der Waals surface area contributed by atoms with E-state index in [2.05, 4.69) is 46.6 Å². The standard InChI is InChI=1S/C20H20BrNOS/c1-12-11-13(2)15(4)20(14(12)3)24(23)22-19-10-9-18(21)16-7-5-6-8-17(16)19/h5-11,22H,1-4H3. The summed E-state index contributed by atoms with van der Waals surface area (Å²) in [4.78, 5) is 0.888. The van der Waals surface area contributed by atoms with Crippen molar-refractivity contribution in [2.45, 2.75) is 32.6 Å². The van der Waals surface area contributed by atoms with Crippen molar-refractivity contribution in [2.24, 2.45) is 0 Å². The van der Waals surface area contributed by atoms with E-state index >= 15 is 0 Å². The molecular weight excluding hydrogens is 382 g/mol. The number of aryl methyl sites for hydroxylation is 2. The summed E-state index contributed by atoms with van der Waals surface area (Å²) in [6.45, 7) is 8.21. The molecule has 0 radical (unpaired) electrons. The van der Waals surface area contributed by atoms with E-state index in [-0.39, 0.29) is 0 Å². The van der Waals surface area contributed by atoms with Crippen molar-refractivity contribution in [1.29, 1.82) is 0 Å². The van der Waals surface area contributed by atoms with Gasteiger partial charge >= 0.3 is 0 Å². The number of halogens is 1. The van der Waals surface area contributed by atoms with Gasteiger partial charge in [0.2, 0.25) is 0 Å². The van der Waals surface area contributed by atoms with Gasteiger partial charge in [0.15, 0.2) is 4.90 Å². The lowest BCUT2D eigenvalue weighted by Crippen LogP contribution is -2.17. The maximum absolute atomic E-state index is 13.1. The van der Waals surface area contributed by atoms with Gasteiger partial charge < -0.3 is 4.55 Å². The number of nitrogens with one attached hydrogen (secondary N) is 1. The van der Waals surface area contributed by atoms with Crippen LogP contribution in [0.4, 0.5) is 5.69 Å². The maximum atomic E-state index is 13.1. The molecule has 1 N–H and O–H groups in total. The largest absolute Gasteiger partial charge is 0.588 e. The first-order valence-electron chi connectivity index (χ1n) is 7.83. The molecule has 3 rings (SSSR count). The molecule has 0 aliphatic rings. The van der Waals surface area contributed by atoms with Crippen LogP contribution in [0.5, 0.6) is 0 Å². The van der Waals surface area contributed by atoms with Gasteiger partial charge in [0.25, 0.3) is 0 Å². The Balaban J connectivity index is 2.06. The first-order valence-corrected chi connectivity index (χ1v) is 9.77. The fourth-order valence-electron chi connectivity index (χ4n) is 2.96. The van der Waals surface area contributed by atoms with Crippen LogP contribution in [-0.2, 0) is 11.4 Å². The molecule has 0 saturated heterocycles. The Hall–Kier alpha value is -1.49. The molecule has 3 aromatic rings. The van der Waals surface area contributed by atoms with Crippen molar-refractivity contribution >= 4 is 43.8 Å². The monoisotopic (exact) mass is 401 g/mol. The zero-order chi connectivity index (χ0) is 17.4. The summed E-state index contributed by atoms with van der Waals surface area (Å²) in [7, 11) is 0. The first-order chi connectivity index (χ1) is 11.4. The lowest BCUT2D eigenvalue weighted by molar-refractivity contribution is 0.598. The second-order valence-electron chi connectivity index (χ2n) is 6.10. The number of hydrogen-bond donors (Lipinski definition) is 1. The highest BCUT2D eigenvalue weighted by atomic mass is 79.9. The Bertz CT molecular complexity index is 897. The van der Waals surface area contributed by atoms with Gasteiger partial charge in [0.1, 0.15) is 11.4 Å². The van der Waals surface area contributed by atoms with Gasteiger partial charge in [-0.25, -0.2) is 4.72 Å². The quantitative estimate of drug-likeness (QED) is 0.548. The molecule has 0 heterocycles. The van der Waals surface area contributed by atoms with E-state index in [9.17, 15) is 4.55 Å². The summed E-state index contributed by atoms with van der Waals surface area (Å²) in [5, 5.41) is 2.16. The molecule has 0 aromatic heterocycles. The molecule has 124 valence electrons.